The lowest BCUT2D eigenvalue weighted by Crippen LogP contribution is -2.52. The van der Waals surface area contributed by atoms with Crippen molar-refractivity contribution in [1.29, 1.82) is 0 Å². The molecule has 0 radical (unpaired) electrons. The highest BCUT2D eigenvalue weighted by Gasteiger charge is 2.27. The van der Waals surface area contributed by atoms with Crippen LogP contribution in [-0.2, 0) is 4.79 Å². The van der Waals surface area contributed by atoms with Crippen molar-refractivity contribution in [2.75, 3.05) is 46.4 Å². The Balaban J connectivity index is 1.49. The number of aryl methyl sites for hydroxylation is 1. The summed E-state index contributed by atoms with van der Waals surface area (Å²) in [5, 5.41) is 0. The Labute approximate surface area is 174 Å². The van der Waals surface area contributed by atoms with Crippen LogP contribution >= 0.6 is 0 Å². The van der Waals surface area contributed by atoms with Gasteiger partial charge in [-0.15, -0.1) is 0 Å². The average molecular weight is 402 g/mol. The lowest BCUT2D eigenvalue weighted by molar-refractivity contribution is -0.134. The van der Waals surface area contributed by atoms with Gasteiger partial charge in [-0.1, -0.05) is 19.3 Å². The summed E-state index contributed by atoms with van der Waals surface area (Å²) in [6.07, 6.45) is 6.02. The molecule has 6 heteroatoms. The fourth-order valence-corrected chi connectivity index (χ4v) is 4.37. The number of likely N-dealkylation sites (N-methyl/N-ethyl adjacent to an activating group) is 1. The second kappa shape index (κ2) is 10.1. The molecular weight excluding hydrogens is 366 g/mol. The molecule has 160 valence electrons. The van der Waals surface area contributed by atoms with Gasteiger partial charge in [-0.3, -0.25) is 14.5 Å². The molecule has 1 aromatic carbocycles. The van der Waals surface area contributed by atoms with Crippen LogP contribution in [0.25, 0.3) is 0 Å². The topological polar surface area (TPSA) is 53.1 Å². The van der Waals surface area contributed by atoms with Crippen LogP contribution in [0.1, 0.15) is 54.9 Å². The fraction of sp³-hybridized carbons (Fsp3) is 0.652. The number of ether oxygens (including phenoxy) is 1. The SMILES string of the molecule is CCOc1ccc(C(=O)N2CCN(CC(=O)N(C)C3CCCCC3)CC2)cc1C. The highest BCUT2D eigenvalue weighted by Crippen LogP contribution is 2.22. The van der Waals surface area contributed by atoms with Crippen molar-refractivity contribution in [3.63, 3.8) is 0 Å². The van der Waals surface area contributed by atoms with E-state index in [0.717, 1.165) is 37.2 Å². The predicted octanol–water partition coefficient (Wildman–Crippen LogP) is 2.94. The number of rotatable bonds is 6. The highest BCUT2D eigenvalue weighted by molar-refractivity contribution is 5.94. The maximum atomic E-state index is 12.9. The van der Waals surface area contributed by atoms with E-state index in [4.69, 9.17) is 4.74 Å². The van der Waals surface area contributed by atoms with Gasteiger partial charge >= 0.3 is 0 Å². The van der Waals surface area contributed by atoms with Crippen molar-refractivity contribution < 1.29 is 14.3 Å². The minimum absolute atomic E-state index is 0.0569. The molecule has 0 spiro atoms. The summed E-state index contributed by atoms with van der Waals surface area (Å²) >= 11 is 0. The number of amides is 2. The van der Waals surface area contributed by atoms with Gasteiger partial charge in [-0.25, -0.2) is 0 Å². The van der Waals surface area contributed by atoms with Crippen molar-refractivity contribution >= 4 is 11.8 Å². The highest BCUT2D eigenvalue weighted by atomic mass is 16.5. The molecule has 1 saturated heterocycles. The molecule has 1 saturated carbocycles. The summed E-state index contributed by atoms with van der Waals surface area (Å²) in [6, 6.07) is 6.03. The van der Waals surface area contributed by atoms with Gasteiger partial charge in [-0.2, -0.15) is 0 Å². The molecule has 1 aliphatic carbocycles. The molecule has 1 heterocycles. The van der Waals surface area contributed by atoms with Gasteiger partial charge in [0.25, 0.3) is 5.91 Å². The summed E-state index contributed by atoms with van der Waals surface area (Å²) in [4.78, 5) is 31.5. The third-order valence-electron chi connectivity index (χ3n) is 6.26. The van der Waals surface area contributed by atoms with E-state index in [1.54, 1.807) is 0 Å². The average Bonchev–Trinajstić information content (AvgIpc) is 2.75. The van der Waals surface area contributed by atoms with Crippen LogP contribution in [0.5, 0.6) is 5.75 Å². The minimum atomic E-state index is 0.0569. The standard InChI is InChI=1S/C23H35N3O3/c1-4-29-21-11-10-19(16-18(21)2)23(28)26-14-12-25(13-15-26)17-22(27)24(3)20-8-6-5-7-9-20/h10-11,16,20H,4-9,12-15,17H2,1-3H3. The number of carbonyl (C=O) groups excluding carboxylic acids is 2. The summed E-state index contributed by atoms with van der Waals surface area (Å²) in [6.45, 7) is 7.79. The molecule has 2 aliphatic rings. The zero-order valence-corrected chi connectivity index (χ0v) is 18.2. The molecular formula is C23H35N3O3. The van der Waals surface area contributed by atoms with Gasteiger partial charge in [0.05, 0.1) is 13.2 Å². The Bertz CT molecular complexity index is 707. The van der Waals surface area contributed by atoms with Crippen LogP contribution in [0.3, 0.4) is 0 Å². The summed E-state index contributed by atoms with van der Waals surface area (Å²) in [5.74, 6) is 1.09. The molecule has 1 aromatic rings. The van der Waals surface area contributed by atoms with Gasteiger partial charge < -0.3 is 14.5 Å². The van der Waals surface area contributed by atoms with E-state index in [-0.39, 0.29) is 11.8 Å². The van der Waals surface area contributed by atoms with Crippen molar-refractivity contribution in [1.82, 2.24) is 14.7 Å². The first-order valence-corrected chi connectivity index (χ1v) is 11.0. The molecule has 0 unspecified atom stereocenters. The lowest BCUT2D eigenvalue weighted by atomic mass is 9.94. The van der Waals surface area contributed by atoms with Crippen LogP contribution in [0.2, 0.25) is 0 Å². The second-order valence-electron chi connectivity index (χ2n) is 8.28. The zero-order valence-electron chi connectivity index (χ0n) is 18.2. The molecule has 3 rings (SSSR count). The fourth-order valence-electron chi connectivity index (χ4n) is 4.37. The number of hydrogen-bond donors (Lipinski definition) is 0. The van der Waals surface area contributed by atoms with Gasteiger partial charge in [0, 0.05) is 44.8 Å². The monoisotopic (exact) mass is 401 g/mol. The number of benzene rings is 1. The number of piperazine rings is 1. The van der Waals surface area contributed by atoms with Crippen LogP contribution in [0.15, 0.2) is 18.2 Å². The normalized spacial score (nSPS) is 18.5. The van der Waals surface area contributed by atoms with Gasteiger partial charge in [0.2, 0.25) is 5.91 Å². The third-order valence-corrected chi connectivity index (χ3v) is 6.26. The van der Waals surface area contributed by atoms with E-state index in [9.17, 15) is 9.59 Å². The summed E-state index contributed by atoms with van der Waals surface area (Å²) < 4.78 is 5.56. The van der Waals surface area contributed by atoms with E-state index in [1.807, 2.05) is 48.9 Å². The molecule has 0 bridgehead atoms. The van der Waals surface area contributed by atoms with Crippen molar-refractivity contribution in [3.05, 3.63) is 29.3 Å². The summed E-state index contributed by atoms with van der Waals surface area (Å²) in [5.41, 5.74) is 1.68. The second-order valence-corrected chi connectivity index (χ2v) is 8.28. The van der Waals surface area contributed by atoms with Crippen LogP contribution < -0.4 is 4.74 Å². The van der Waals surface area contributed by atoms with E-state index < -0.39 is 0 Å². The summed E-state index contributed by atoms with van der Waals surface area (Å²) in [7, 11) is 1.95. The van der Waals surface area contributed by atoms with Crippen LogP contribution in [0, 0.1) is 6.92 Å². The van der Waals surface area contributed by atoms with E-state index in [1.165, 1.54) is 19.3 Å². The quantitative estimate of drug-likeness (QED) is 0.735. The maximum absolute atomic E-state index is 12.9. The molecule has 0 atom stereocenters. The molecule has 1 aliphatic heterocycles. The van der Waals surface area contributed by atoms with Crippen LogP contribution in [0.4, 0.5) is 0 Å². The molecule has 2 fully saturated rings. The molecule has 0 aromatic heterocycles. The van der Waals surface area contributed by atoms with Crippen molar-refractivity contribution in [2.45, 2.75) is 52.0 Å². The van der Waals surface area contributed by atoms with Gasteiger partial charge in [-0.05, 0) is 50.5 Å². The first-order chi connectivity index (χ1) is 14.0. The van der Waals surface area contributed by atoms with E-state index in [2.05, 4.69) is 4.90 Å². The maximum Gasteiger partial charge on any atom is 0.253 e. The number of hydrogen-bond acceptors (Lipinski definition) is 4. The largest absolute Gasteiger partial charge is 0.494 e. The predicted molar refractivity (Wildman–Crippen MR) is 114 cm³/mol. The first kappa shape index (κ1) is 21.6. The first-order valence-electron chi connectivity index (χ1n) is 11.0. The third kappa shape index (κ3) is 5.50. The number of carbonyl (C=O) groups is 2. The molecule has 2 amide bonds. The Kier molecular flexibility index (Phi) is 7.53. The van der Waals surface area contributed by atoms with Gasteiger partial charge in [0.1, 0.15) is 5.75 Å². The van der Waals surface area contributed by atoms with Crippen molar-refractivity contribution in [3.8, 4) is 5.75 Å². The molecule has 0 N–H and O–H groups in total. The Morgan fingerprint density at radius 3 is 2.41 bits per heavy atom. The Hall–Kier alpha value is -2.08. The van der Waals surface area contributed by atoms with Crippen molar-refractivity contribution in [2.24, 2.45) is 0 Å². The Morgan fingerprint density at radius 2 is 1.79 bits per heavy atom. The minimum Gasteiger partial charge on any atom is -0.494 e. The Morgan fingerprint density at radius 1 is 1.10 bits per heavy atom. The smallest absolute Gasteiger partial charge is 0.253 e. The van der Waals surface area contributed by atoms with E-state index >= 15 is 0 Å². The molecule has 6 nitrogen and oxygen atoms in total. The van der Waals surface area contributed by atoms with Gasteiger partial charge in [0.15, 0.2) is 0 Å². The zero-order chi connectivity index (χ0) is 20.8. The molecule has 29 heavy (non-hydrogen) atoms. The lowest BCUT2D eigenvalue weighted by Gasteiger charge is -2.37. The van der Waals surface area contributed by atoms with E-state index in [0.29, 0.717) is 37.8 Å². The number of nitrogens with zero attached hydrogens (tertiary/aromatic N) is 3. The van der Waals surface area contributed by atoms with Crippen LogP contribution in [-0.4, -0.2) is 78.9 Å².